The summed E-state index contributed by atoms with van der Waals surface area (Å²) in [5.41, 5.74) is 1.05. The van der Waals surface area contributed by atoms with Crippen molar-refractivity contribution in [3.05, 3.63) is 48.0 Å². The molecule has 0 radical (unpaired) electrons. The van der Waals surface area contributed by atoms with Crippen LogP contribution in [0.5, 0.6) is 17.2 Å². The fourth-order valence-electron chi connectivity index (χ4n) is 4.09. The van der Waals surface area contributed by atoms with Gasteiger partial charge in [0.05, 0.1) is 19.1 Å². The van der Waals surface area contributed by atoms with Crippen LogP contribution in [-0.4, -0.2) is 70.3 Å². The Hall–Kier alpha value is -3.47. The maximum Gasteiger partial charge on any atom is 0.244 e. The Balaban J connectivity index is 1.94. The van der Waals surface area contributed by atoms with E-state index in [0.717, 1.165) is 22.5 Å². The number of methoxy groups -OCH3 is 1. The van der Waals surface area contributed by atoms with E-state index in [1.165, 1.54) is 4.90 Å². The minimum Gasteiger partial charge on any atom is -0.497 e. The van der Waals surface area contributed by atoms with Gasteiger partial charge >= 0.3 is 0 Å². The van der Waals surface area contributed by atoms with Crippen LogP contribution in [0.1, 0.15) is 39.2 Å². The van der Waals surface area contributed by atoms with Gasteiger partial charge in [0.2, 0.25) is 21.8 Å². The maximum atomic E-state index is 13.8. The van der Waals surface area contributed by atoms with Gasteiger partial charge in [-0.1, -0.05) is 26.0 Å². The second kappa shape index (κ2) is 12.9. The van der Waals surface area contributed by atoms with Gasteiger partial charge in [-0.3, -0.25) is 13.9 Å². The number of rotatable bonds is 12. The number of amides is 2. The molecule has 1 aliphatic rings. The van der Waals surface area contributed by atoms with E-state index < -0.39 is 28.5 Å². The number of carbonyl (C=O) groups excluding carboxylic acids is 2. The molecule has 0 unspecified atom stereocenters. The molecule has 208 valence electrons. The molecule has 0 fully saturated rings. The van der Waals surface area contributed by atoms with Crippen LogP contribution in [0.2, 0.25) is 0 Å². The first-order chi connectivity index (χ1) is 18.1. The number of sulfonamides is 1. The highest BCUT2D eigenvalue weighted by Gasteiger charge is 2.32. The molecule has 2 amide bonds. The summed E-state index contributed by atoms with van der Waals surface area (Å²) in [5.74, 6) is 0.786. The van der Waals surface area contributed by atoms with Crippen LogP contribution >= 0.6 is 0 Å². The largest absolute Gasteiger partial charge is 0.497 e. The predicted molar refractivity (Wildman–Crippen MR) is 145 cm³/mol. The Labute approximate surface area is 224 Å². The monoisotopic (exact) mass is 547 g/mol. The van der Waals surface area contributed by atoms with Gasteiger partial charge in [0.1, 0.15) is 31.5 Å². The summed E-state index contributed by atoms with van der Waals surface area (Å²) >= 11 is 0. The van der Waals surface area contributed by atoms with Gasteiger partial charge in [-0.15, -0.1) is 0 Å². The molecule has 10 nitrogen and oxygen atoms in total. The fourth-order valence-corrected chi connectivity index (χ4v) is 4.93. The molecule has 2 atom stereocenters. The van der Waals surface area contributed by atoms with Crippen LogP contribution in [0.15, 0.2) is 42.5 Å². The van der Waals surface area contributed by atoms with E-state index in [0.29, 0.717) is 36.9 Å². The number of hydrogen-bond acceptors (Lipinski definition) is 7. The van der Waals surface area contributed by atoms with Gasteiger partial charge in [0.15, 0.2) is 11.5 Å². The van der Waals surface area contributed by atoms with Gasteiger partial charge < -0.3 is 24.4 Å². The van der Waals surface area contributed by atoms with Crippen LogP contribution in [-0.2, 0) is 26.2 Å². The summed E-state index contributed by atoms with van der Waals surface area (Å²) in [4.78, 5) is 28.5. The summed E-state index contributed by atoms with van der Waals surface area (Å²) in [5, 5.41) is 2.95. The average Bonchev–Trinajstić information content (AvgIpc) is 2.90. The predicted octanol–water partition coefficient (Wildman–Crippen LogP) is 2.95. The number of ether oxygens (including phenoxy) is 3. The molecule has 2 aromatic carbocycles. The second-order valence-electron chi connectivity index (χ2n) is 9.21. The van der Waals surface area contributed by atoms with Crippen molar-refractivity contribution in [2.75, 3.05) is 37.4 Å². The zero-order valence-electron chi connectivity index (χ0n) is 22.6. The summed E-state index contributed by atoms with van der Waals surface area (Å²) in [7, 11) is -2.29. The lowest BCUT2D eigenvalue weighted by atomic mass is 10.1. The van der Waals surface area contributed by atoms with E-state index in [2.05, 4.69) is 5.32 Å². The third kappa shape index (κ3) is 7.31. The minimum atomic E-state index is -3.86. The zero-order valence-corrected chi connectivity index (χ0v) is 23.4. The molecule has 11 heteroatoms. The highest BCUT2D eigenvalue weighted by Crippen LogP contribution is 2.34. The number of anilines is 1. The first-order valence-electron chi connectivity index (χ1n) is 12.7. The number of nitrogens with zero attached hydrogens (tertiary/aromatic N) is 2. The van der Waals surface area contributed by atoms with Crippen molar-refractivity contribution >= 4 is 27.5 Å². The summed E-state index contributed by atoms with van der Waals surface area (Å²) in [6.45, 7) is 6.06. The fraction of sp³-hybridized carbons (Fsp3) is 0.481. The van der Waals surface area contributed by atoms with Gasteiger partial charge in [-0.2, -0.15) is 0 Å². The van der Waals surface area contributed by atoms with E-state index in [1.807, 2.05) is 32.9 Å². The van der Waals surface area contributed by atoms with E-state index in [4.69, 9.17) is 14.2 Å². The van der Waals surface area contributed by atoms with Crippen molar-refractivity contribution in [1.29, 1.82) is 0 Å². The number of benzene rings is 2. The van der Waals surface area contributed by atoms with Crippen molar-refractivity contribution < 1.29 is 32.2 Å². The molecule has 3 rings (SSSR count). The Morgan fingerprint density at radius 3 is 2.26 bits per heavy atom. The summed E-state index contributed by atoms with van der Waals surface area (Å²) in [6, 6.07) is 11.1. The number of nitrogens with one attached hydrogen (secondary N) is 1. The van der Waals surface area contributed by atoms with E-state index in [9.17, 15) is 18.0 Å². The van der Waals surface area contributed by atoms with Crippen LogP contribution in [0.3, 0.4) is 0 Å². The summed E-state index contributed by atoms with van der Waals surface area (Å²) < 4.78 is 43.1. The molecule has 38 heavy (non-hydrogen) atoms. The number of hydrogen-bond donors (Lipinski definition) is 1. The van der Waals surface area contributed by atoms with Gasteiger partial charge in [-0.25, -0.2) is 8.42 Å². The normalized spacial score (nSPS) is 14.2. The average molecular weight is 548 g/mol. The Morgan fingerprint density at radius 2 is 1.68 bits per heavy atom. The standard InChI is InChI=1S/C27H37N3O7S/c1-6-19(3)28-27(32)23(7-2)29(17-20-8-11-22(35-4)12-9-20)26(31)18-30(38(5,33)34)21-10-13-24-25(16-21)37-15-14-36-24/h8-13,16,19,23H,6-7,14-15,17-18H2,1-5H3,(H,28,32)/t19-,23-/m1/s1. The molecule has 0 aliphatic carbocycles. The molecule has 2 aromatic rings. The van der Waals surface area contributed by atoms with Gasteiger partial charge in [0.25, 0.3) is 0 Å². The maximum absolute atomic E-state index is 13.8. The topological polar surface area (TPSA) is 114 Å². The minimum absolute atomic E-state index is 0.0697. The van der Waals surface area contributed by atoms with Crippen molar-refractivity contribution in [2.24, 2.45) is 0 Å². The number of fused-ring (bicyclic) bond motifs is 1. The Morgan fingerprint density at radius 1 is 1.03 bits per heavy atom. The Kier molecular flexibility index (Phi) is 9.84. The number of carbonyl (C=O) groups is 2. The molecular formula is C27H37N3O7S. The zero-order chi connectivity index (χ0) is 27.9. The summed E-state index contributed by atoms with van der Waals surface area (Å²) in [6.07, 6.45) is 2.13. The van der Waals surface area contributed by atoms with Crippen molar-refractivity contribution in [2.45, 2.75) is 52.2 Å². The molecule has 1 N–H and O–H groups in total. The molecule has 0 bridgehead atoms. The lowest BCUT2D eigenvalue weighted by Gasteiger charge is -2.33. The lowest BCUT2D eigenvalue weighted by molar-refractivity contribution is -0.140. The van der Waals surface area contributed by atoms with E-state index >= 15 is 0 Å². The first kappa shape index (κ1) is 29.1. The molecule has 0 aromatic heterocycles. The lowest BCUT2D eigenvalue weighted by Crippen LogP contribution is -2.53. The highest BCUT2D eigenvalue weighted by molar-refractivity contribution is 7.92. The molecule has 0 saturated heterocycles. The van der Waals surface area contributed by atoms with Crippen LogP contribution in [0.4, 0.5) is 5.69 Å². The molecule has 0 saturated carbocycles. The molecular weight excluding hydrogens is 510 g/mol. The van der Waals surface area contributed by atoms with Crippen LogP contribution in [0, 0.1) is 0 Å². The van der Waals surface area contributed by atoms with Crippen LogP contribution < -0.4 is 23.8 Å². The van der Waals surface area contributed by atoms with E-state index in [1.54, 1.807) is 37.4 Å². The van der Waals surface area contributed by atoms with Gasteiger partial charge in [-0.05, 0) is 49.6 Å². The smallest absolute Gasteiger partial charge is 0.244 e. The quantitative estimate of drug-likeness (QED) is 0.435. The third-order valence-electron chi connectivity index (χ3n) is 6.39. The highest BCUT2D eigenvalue weighted by atomic mass is 32.2. The van der Waals surface area contributed by atoms with Crippen LogP contribution in [0.25, 0.3) is 0 Å². The van der Waals surface area contributed by atoms with Crippen molar-refractivity contribution in [3.8, 4) is 17.2 Å². The molecule has 0 spiro atoms. The van der Waals surface area contributed by atoms with Crippen molar-refractivity contribution in [3.63, 3.8) is 0 Å². The third-order valence-corrected chi connectivity index (χ3v) is 7.53. The molecule has 1 heterocycles. The van der Waals surface area contributed by atoms with Gasteiger partial charge in [0, 0.05) is 18.7 Å². The SMILES string of the molecule is CC[C@@H](C)NC(=O)[C@@H](CC)N(Cc1ccc(OC)cc1)C(=O)CN(c1ccc2c(c1)OCCO2)S(C)(=O)=O. The van der Waals surface area contributed by atoms with Crippen molar-refractivity contribution in [1.82, 2.24) is 10.2 Å². The first-order valence-corrected chi connectivity index (χ1v) is 14.5. The molecule has 1 aliphatic heterocycles. The van der Waals surface area contributed by atoms with E-state index in [-0.39, 0.29) is 24.2 Å². The Bertz CT molecular complexity index is 1220. The second-order valence-corrected chi connectivity index (χ2v) is 11.1.